The third-order valence-electron chi connectivity index (χ3n) is 24.2. The van der Waals surface area contributed by atoms with E-state index in [2.05, 4.69) is 94.6 Å². The van der Waals surface area contributed by atoms with Gasteiger partial charge >= 0.3 is 24.2 Å². The third-order valence-corrected chi connectivity index (χ3v) is 25.1. The highest BCUT2D eigenvalue weighted by molar-refractivity contribution is 6.34. The van der Waals surface area contributed by atoms with Gasteiger partial charge in [-0.15, -0.1) is 0 Å². The Kier molecular flexibility index (Phi) is 43.6. The number of carboxylic acids is 1. The van der Waals surface area contributed by atoms with Gasteiger partial charge in [0.15, 0.2) is 0 Å². The van der Waals surface area contributed by atoms with E-state index in [-0.39, 0.29) is 48.3 Å². The summed E-state index contributed by atoms with van der Waals surface area (Å²) in [6.07, 6.45) is 10.3. The second-order valence-corrected chi connectivity index (χ2v) is 33.8. The summed E-state index contributed by atoms with van der Waals surface area (Å²) in [6.45, 7) is 12.8. The minimum absolute atomic E-state index is 0.0611. The zero-order valence-electron chi connectivity index (χ0n) is 75.7. The van der Waals surface area contributed by atoms with Crippen molar-refractivity contribution in [1.82, 2.24) is 36.4 Å². The normalized spacial score (nSPS) is 15.9. The first-order chi connectivity index (χ1) is 63.2. The number of amides is 5. The molecule has 3 aliphatic rings. The van der Waals surface area contributed by atoms with Crippen LogP contribution in [0.15, 0.2) is 200 Å². The van der Waals surface area contributed by atoms with Crippen molar-refractivity contribution in [3.63, 3.8) is 0 Å². The number of carbonyl (C=O) groups excluding carboxylic acids is 7. The maximum atomic E-state index is 13.7. The summed E-state index contributed by atoms with van der Waals surface area (Å²) < 4.78 is 14.1. The van der Waals surface area contributed by atoms with E-state index in [1.807, 2.05) is 114 Å². The number of halogens is 3. The molecule has 12 rings (SSSR count). The molecule has 0 saturated carbocycles. The van der Waals surface area contributed by atoms with E-state index in [1.54, 1.807) is 29.2 Å². The number of methoxy groups -OCH3 is 3. The number of benzene rings is 9. The number of nitrogens with one attached hydrogen (secondary N) is 5. The lowest BCUT2D eigenvalue weighted by Gasteiger charge is -2.44. The van der Waals surface area contributed by atoms with Gasteiger partial charge in [-0.2, -0.15) is 0 Å². The standard InChI is InChI=1S/C35H44ClN3O5.C33H37ClN2O5.C25H33ClN2O3.C8H6O3.C2H7NO/c1-3-25-8-4-9-28(22-25)32-30(11-5-12-31(32)36)35(43,17-7-18-38-34(42)44-2)29-10-6-20-39(24-29)33(41)27-15-13-26(14-16-27)23-37-19-21-40;1-3-23-8-4-9-26(20-23)30-28(11-5-12-29(30)34)33(40,17-7-18-35-32(39)41-2)27-10-6-19-36(21-27)31(38)25-15-13-24(22-37)14-16-25;1-3-18-8-4-9-19(16-18)23-21(11-5-12-22(23)26)25(30,20-10-6-14-27-17-20)13-7-15-28-24(29)31-2;9-5-6-1-3-7(4-2-6)8(10)11;3-1-2-4/h4-5,8-9,11-16,22,29,37,40,43H,3,6-7,10,17-21,23-24H2,1-2H3,(H,38,42);4-5,8-9,11-16,20,22,27,40H,3,6-7,10,17-19,21H2,1-2H3,(H,35,39);4-5,8-9,11-12,16,20,27,30H,3,6-7,10,13-15,17H2,1-2H3,(H,28,29);1-5H,(H,10,11);4H,1-3H2/t29-,35?;27-,33?;20-,25?;;/m111../s1. The van der Waals surface area contributed by atoms with Crippen LogP contribution in [-0.4, -0.2) is 196 Å². The van der Waals surface area contributed by atoms with Crippen LogP contribution >= 0.6 is 34.8 Å². The largest absolute Gasteiger partial charge is 0.478 e. The van der Waals surface area contributed by atoms with Gasteiger partial charge in [0, 0.05) is 144 Å². The molecule has 3 saturated heterocycles. The Morgan fingerprint density at radius 3 is 1.12 bits per heavy atom. The molecule has 6 atom stereocenters. The fraction of sp³-hybridized carbons (Fsp3) is 0.398. The van der Waals surface area contributed by atoms with Crippen LogP contribution in [0.5, 0.6) is 0 Å². The first-order valence-corrected chi connectivity index (χ1v) is 46.0. The molecule has 25 nitrogen and oxygen atoms in total. The van der Waals surface area contributed by atoms with E-state index in [9.17, 15) is 53.7 Å². The molecule has 0 bridgehead atoms. The van der Waals surface area contributed by atoms with Crippen molar-refractivity contribution in [2.24, 2.45) is 23.5 Å². The van der Waals surface area contributed by atoms with Gasteiger partial charge in [-0.25, -0.2) is 19.2 Å². The van der Waals surface area contributed by atoms with Crippen LogP contribution in [-0.2, 0) is 56.8 Å². The summed E-state index contributed by atoms with van der Waals surface area (Å²) in [6, 6.07) is 61.7. The zero-order valence-corrected chi connectivity index (χ0v) is 78.0. The molecule has 3 fully saturated rings. The number of aromatic carboxylic acids is 1. The van der Waals surface area contributed by atoms with Gasteiger partial charge in [0.25, 0.3) is 11.8 Å². The molecule has 0 aliphatic carbocycles. The Morgan fingerprint density at radius 2 is 0.802 bits per heavy atom. The second kappa shape index (κ2) is 54.2. The molecule has 13 N–H and O–H groups in total. The maximum Gasteiger partial charge on any atom is 0.406 e. The first kappa shape index (κ1) is 105. The van der Waals surface area contributed by atoms with Gasteiger partial charge in [0.1, 0.15) is 12.6 Å². The molecule has 0 aromatic heterocycles. The highest BCUT2D eigenvalue weighted by Crippen LogP contribution is 2.50. The molecule has 3 aliphatic heterocycles. The molecular formula is C103H127Cl3N8O17. The number of nitrogens with zero attached hydrogens (tertiary/aromatic N) is 2. The summed E-state index contributed by atoms with van der Waals surface area (Å²) >= 11 is 20.4. The van der Waals surface area contributed by atoms with Crippen LogP contribution in [0.4, 0.5) is 14.4 Å². The van der Waals surface area contributed by atoms with Gasteiger partial charge in [0.2, 0.25) is 0 Å². The predicted molar refractivity (Wildman–Crippen MR) is 514 cm³/mol. The number of aliphatic hydroxyl groups excluding tert-OH is 2. The topological polar surface area (TPSA) is 378 Å². The maximum absolute atomic E-state index is 13.7. The quantitative estimate of drug-likeness (QED) is 0.0101. The third kappa shape index (κ3) is 30.1. The van der Waals surface area contributed by atoms with E-state index >= 15 is 0 Å². The lowest BCUT2D eigenvalue weighted by Crippen LogP contribution is -2.48. The highest BCUT2D eigenvalue weighted by Gasteiger charge is 2.46. The number of aryl methyl sites for hydroxylation is 3. The Hall–Kier alpha value is -10.9. The van der Waals surface area contributed by atoms with E-state index in [1.165, 1.54) is 56.7 Å². The van der Waals surface area contributed by atoms with Crippen molar-refractivity contribution in [3.05, 3.63) is 282 Å². The van der Waals surface area contributed by atoms with Crippen LogP contribution < -0.4 is 32.3 Å². The lowest BCUT2D eigenvalue weighted by atomic mass is 9.72. The Labute approximate surface area is 784 Å². The number of hydrogen-bond donors (Lipinski definition) is 12. The summed E-state index contributed by atoms with van der Waals surface area (Å²) in [5.74, 6) is -1.66. The van der Waals surface area contributed by atoms with E-state index in [0.29, 0.717) is 153 Å². The summed E-state index contributed by atoms with van der Waals surface area (Å²) in [4.78, 5) is 97.1. The molecule has 3 heterocycles. The van der Waals surface area contributed by atoms with E-state index < -0.39 is 41.1 Å². The molecule has 9 aromatic carbocycles. The number of alkyl carbamates (subject to hydrolysis) is 3. The SMILES string of the molecule is CCc1cccc(-c2c(Cl)cccc2C(O)(CCCNC(=O)OC)[C@@H]2CCCN(C(=O)c3ccc(C=O)cc3)C2)c1.CCc1cccc(-c2c(Cl)cccc2C(O)(CCCNC(=O)OC)[C@@H]2CCCN(C(=O)c3ccc(CNCCO)cc3)C2)c1.CCc1cccc(-c2c(Cl)cccc2C(O)(CCCNC(=O)OC)[C@@H]2CCCNC2)c1.NCCO.O=Cc1ccc(C(=O)O)cc1. The molecule has 131 heavy (non-hydrogen) atoms. The van der Waals surface area contributed by atoms with Gasteiger partial charge in [-0.3, -0.25) is 19.2 Å². The summed E-state index contributed by atoms with van der Waals surface area (Å²) in [5, 5.41) is 79.3. The number of nitrogens with two attached hydrogens (primary N) is 1. The predicted octanol–water partition coefficient (Wildman–Crippen LogP) is 16.8. The number of hydrogen-bond acceptors (Lipinski definition) is 19. The number of ether oxygens (including phenoxy) is 3. The van der Waals surface area contributed by atoms with Crippen molar-refractivity contribution in [1.29, 1.82) is 0 Å². The molecule has 0 spiro atoms. The van der Waals surface area contributed by atoms with Crippen LogP contribution in [0.1, 0.15) is 189 Å². The highest BCUT2D eigenvalue weighted by atomic mass is 35.5. The van der Waals surface area contributed by atoms with Gasteiger partial charge < -0.3 is 87.0 Å². The minimum atomic E-state index is -1.33. The van der Waals surface area contributed by atoms with Crippen LogP contribution in [0, 0.1) is 17.8 Å². The average molecular weight is 1860 g/mol. The number of piperidine rings is 3. The fourth-order valence-electron chi connectivity index (χ4n) is 17.1. The summed E-state index contributed by atoms with van der Waals surface area (Å²) in [7, 11) is 3.99. The number of rotatable bonds is 34. The number of aliphatic hydroxyl groups is 5. The zero-order chi connectivity index (χ0) is 94.9. The van der Waals surface area contributed by atoms with Crippen LogP contribution in [0.3, 0.4) is 0 Å². The minimum Gasteiger partial charge on any atom is -0.478 e. The van der Waals surface area contributed by atoms with Crippen LogP contribution in [0.25, 0.3) is 33.4 Å². The monoisotopic (exact) mass is 1850 g/mol. The number of likely N-dealkylation sites (tertiary alicyclic amines) is 2. The Morgan fingerprint density at radius 1 is 0.458 bits per heavy atom. The van der Waals surface area contributed by atoms with Crippen molar-refractivity contribution in [2.75, 3.05) is 107 Å². The van der Waals surface area contributed by atoms with Crippen molar-refractivity contribution < 1.29 is 83.2 Å². The number of aldehydes is 2. The Bertz CT molecular complexity index is 5160. The van der Waals surface area contributed by atoms with E-state index in [0.717, 1.165) is 133 Å². The van der Waals surface area contributed by atoms with Gasteiger partial charge in [-0.05, 0) is 213 Å². The summed E-state index contributed by atoms with van der Waals surface area (Å²) in [5.41, 5.74) is 15.6. The van der Waals surface area contributed by atoms with E-state index in [4.69, 9.17) is 65.3 Å². The van der Waals surface area contributed by atoms with Gasteiger partial charge in [0.05, 0.1) is 56.9 Å². The molecule has 9 aromatic rings. The molecule has 28 heteroatoms. The molecular weight excluding hydrogens is 1730 g/mol. The molecule has 0 radical (unpaired) electrons. The fourth-order valence-corrected chi connectivity index (χ4v) is 18.0. The van der Waals surface area contributed by atoms with Gasteiger partial charge in [-0.1, -0.05) is 201 Å². The first-order valence-electron chi connectivity index (χ1n) is 44.9. The molecule has 3 unspecified atom stereocenters. The second-order valence-electron chi connectivity index (χ2n) is 32.6. The van der Waals surface area contributed by atoms with Crippen LogP contribution in [0.2, 0.25) is 15.1 Å². The van der Waals surface area contributed by atoms with Crippen molar-refractivity contribution >= 4 is 83.4 Å². The number of carbonyl (C=O) groups is 8. The lowest BCUT2D eigenvalue weighted by molar-refractivity contribution is -0.0566. The van der Waals surface area contributed by atoms with Crippen molar-refractivity contribution in [3.8, 4) is 33.4 Å². The smallest absolute Gasteiger partial charge is 0.406 e. The molecule has 702 valence electrons. The average Bonchev–Trinajstić information content (AvgIpc) is 0.962. The molecule has 5 amide bonds. The number of carboxylic acid groups (broad SMARTS) is 1. The Balaban J connectivity index is 0.000000226. The van der Waals surface area contributed by atoms with Crippen molar-refractivity contribution in [2.45, 2.75) is 140 Å².